The second-order valence-electron chi connectivity index (χ2n) is 7.60. The number of nitrogens with zero attached hydrogens (tertiary/aromatic N) is 1. The Morgan fingerprint density at radius 1 is 1.15 bits per heavy atom. The number of nitrogens with two attached hydrogens (primary N) is 1. The molecule has 0 aliphatic heterocycles. The number of rotatable bonds is 7. The van der Waals surface area contributed by atoms with Crippen molar-refractivity contribution in [1.82, 2.24) is 4.57 Å². The number of hydrogen-bond donors (Lipinski definition) is 2. The van der Waals surface area contributed by atoms with Crippen LogP contribution in [-0.2, 0) is 4.79 Å². The molecule has 0 aliphatic carbocycles. The maximum atomic E-state index is 15.0. The van der Waals surface area contributed by atoms with E-state index in [-0.39, 0.29) is 27.7 Å². The first kappa shape index (κ1) is 24.1. The van der Waals surface area contributed by atoms with Crippen molar-refractivity contribution in [1.29, 1.82) is 0 Å². The molecule has 6 nitrogen and oxygen atoms in total. The average molecular weight is 466 g/mol. The average Bonchev–Trinajstić information content (AvgIpc) is 3.02. The van der Waals surface area contributed by atoms with E-state index in [9.17, 15) is 27.9 Å². The fourth-order valence-corrected chi connectivity index (χ4v) is 3.93. The van der Waals surface area contributed by atoms with Crippen LogP contribution in [0.5, 0.6) is 11.5 Å². The van der Waals surface area contributed by atoms with Gasteiger partial charge in [-0.05, 0) is 55.3 Å². The SMILES string of the molecule is CCCCC(C(N)=O)c1c(C)n(C(=O)c2ccc(OC(F)(F)F)cc2)c2ccc(O)c(F)c12. The van der Waals surface area contributed by atoms with E-state index in [2.05, 4.69) is 4.74 Å². The number of fused-ring (bicyclic) bond motifs is 1. The van der Waals surface area contributed by atoms with Gasteiger partial charge in [0.2, 0.25) is 5.91 Å². The Balaban J connectivity index is 2.17. The minimum Gasteiger partial charge on any atom is -0.505 e. The van der Waals surface area contributed by atoms with Crippen LogP contribution in [0.1, 0.15) is 53.7 Å². The number of carbonyl (C=O) groups is 2. The molecule has 0 saturated heterocycles. The number of ether oxygens (including phenoxy) is 1. The smallest absolute Gasteiger partial charge is 0.505 e. The van der Waals surface area contributed by atoms with Gasteiger partial charge in [-0.25, -0.2) is 4.39 Å². The molecule has 0 spiro atoms. The van der Waals surface area contributed by atoms with Crippen LogP contribution in [0.25, 0.3) is 10.9 Å². The minimum atomic E-state index is -4.88. The molecule has 33 heavy (non-hydrogen) atoms. The lowest BCUT2D eigenvalue weighted by Crippen LogP contribution is -2.23. The van der Waals surface area contributed by atoms with Gasteiger partial charge in [-0.3, -0.25) is 14.2 Å². The van der Waals surface area contributed by atoms with Crippen molar-refractivity contribution in [2.24, 2.45) is 5.73 Å². The highest BCUT2D eigenvalue weighted by molar-refractivity contribution is 6.05. The molecule has 3 aromatic rings. The molecule has 176 valence electrons. The van der Waals surface area contributed by atoms with Crippen LogP contribution in [0, 0.1) is 12.7 Å². The molecule has 1 amide bonds. The van der Waals surface area contributed by atoms with Crippen LogP contribution < -0.4 is 10.5 Å². The summed E-state index contributed by atoms with van der Waals surface area (Å²) in [5, 5.41) is 9.83. The van der Waals surface area contributed by atoms with Crippen LogP contribution in [0.4, 0.5) is 17.6 Å². The van der Waals surface area contributed by atoms with Gasteiger partial charge in [0.1, 0.15) is 5.75 Å². The van der Waals surface area contributed by atoms with Crippen molar-refractivity contribution >= 4 is 22.7 Å². The lowest BCUT2D eigenvalue weighted by atomic mass is 9.90. The Kier molecular flexibility index (Phi) is 6.66. The number of alkyl halides is 3. The molecule has 0 fully saturated rings. The zero-order chi connectivity index (χ0) is 24.5. The first-order valence-electron chi connectivity index (χ1n) is 10.2. The predicted octanol–water partition coefficient (Wildman–Crippen LogP) is 5.14. The summed E-state index contributed by atoms with van der Waals surface area (Å²) >= 11 is 0. The number of phenolic OH excluding ortho intramolecular Hbond substituents is 1. The Morgan fingerprint density at radius 3 is 2.33 bits per heavy atom. The molecule has 1 unspecified atom stereocenters. The van der Waals surface area contributed by atoms with Crippen molar-refractivity contribution in [3.63, 3.8) is 0 Å². The molecule has 3 rings (SSSR count). The van der Waals surface area contributed by atoms with Crippen molar-refractivity contribution in [2.75, 3.05) is 0 Å². The predicted molar refractivity (Wildman–Crippen MR) is 113 cm³/mol. The van der Waals surface area contributed by atoms with Gasteiger partial charge in [-0.15, -0.1) is 13.2 Å². The maximum absolute atomic E-state index is 15.0. The van der Waals surface area contributed by atoms with Crippen molar-refractivity contribution < 1.29 is 37.0 Å². The van der Waals surface area contributed by atoms with Gasteiger partial charge >= 0.3 is 6.36 Å². The first-order chi connectivity index (χ1) is 15.5. The van der Waals surface area contributed by atoms with Gasteiger partial charge in [0.25, 0.3) is 5.91 Å². The quantitative estimate of drug-likeness (QED) is 0.472. The Labute approximate surface area is 186 Å². The molecule has 0 aliphatic rings. The van der Waals surface area contributed by atoms with Gasteiger partial charge in [0.15, 0.2) is 11.6 Å². The second-order valence-corrected chi connectivity index (χ2v) is 7.60. The topological polar surface area (TPSA) is 94.6 Å². The van der Waals surface area contributed by atoms with E-state index in [1.165, 1.54) is 13.0 Å². The normalized spacial score (nSPS) is 12.7. The Hall–Kier alpha value is -3.56. The number of aromatic nitrogens is 1. The summed E-state index contributed by atoms with van der Waals surface area (Å²) in [6.45, 7) is 3.43. The Bertz CT molecular complexity index is 1200. The standard InChI is InChI=1S/C23H22F4N2O4/c1-3-4-5-15(21(28)31)18-12(2)29(16-10-11-17(30)20(24)19(16)18)22(32)13-6-8-14(9-7-13)33-23(25,26)27/h6-11,15,30H,3-5H2,1-2H3,(H2,28,31). The molecule has 1 aromatic heterocycles. The summed E-state index contributed by atoms with van der Waals surface area (Å²) in [7, 11) is 0. The number of phenols is 1. The van der Waals surface area contributed by atoms with E-state index in [4.69, 9.17) is 5.73 Å². The molecule has 10 heteroatoms. The van der Waals surface area contributed by atoms with E-state index in [0.29, 0.717) is 12.8 Å². The molecule has 0 radical (unpaired) electrons. The molecule has 2 aromatic carbocycles. The number of unbranched alkanes of at least 4 members (excludes halogenated alkanes) is 1. The van der Waals surface area contributed by atoms with Gasteiger partial charge in [-0.2, -0.15) is 0 Å². The molecule has 1 atom stereocenters. The summed E-state index contributed by atoms with van der Waals surface area (Å²) in [5.41, 5.74) is 6.15. The van der Waals surface area contributed by atoms with Crippen molar-refractivity contribution in [3.05, 3.63) is 59.0 Å². The largest absolute Gasteiger partial charge is 0.573 e. The van der Waals surface area contributed by atoms with Crippen LogP contribution in [0.2, 0.25) is 0 Å². The monoisotopic (exact) mass is 466 g/mol. The molecular formula is C23H22F4N2O4. The minimum absolute atomic E-state index is 0.00809. The molecular weight excluding hydrogens is 444 g/mol. The van der Waals surface area contributed by atoms with Gasteiger partial charge in [-0.1, -0.05) is 19.8 Å². The van der Waals surface area contributed by atoms with Gasteiger partial charge in [0.05, 0.1) is 11.4 Å². The highest BCUT2D eigenvalue weighted by Crippen LogP contribution is 2.39. The number of carbonyl (C=O) groups excluding carboxylic acids is 2. The molecule has 0 bridgehead atoms. The third-order valence-corrected chi connectivity index (χ3v) is 5.41. The van der Waals surface area contributed by atoms with E-state index in [1.807, 2.05) is 6.92 Å². The highest BCUT2D eigenvalue weighted by Gasteiger charge is 2.32. The third kappa shape index (κ3) is 4.79. The fraction of sp³-hybridized carbons (Fsp3) is 0.304. The van der Waals surface area contributed by atoms with Crippen molar-refractivity contribution in [3.8, 4) is 11.5 Å². The number of amides is 1. The Morgan fingerprint density at radius 2 is 1.79 bits per heavy atom. The van der Waals surface area contributed by atoms with E-state index < -0.39 is 41.4 Å². The van der Waals surface area contributed by atoms with E-state index >= 15 is 4.39 Å². The molecule has 1 heterocycles. The molecule has 0 saturated carbocycles. The summed E-state index contributed by atoms with van der Waals surface area (Å²) in [4.78, 5) is 25.5. The van der Waals surface area contributed by atoms with Crippen LogP contribution in [-0.4, -0.2) is 27.9 Å². The van der Waals surface area contributed by atoms with Crippen LogP contribution in [0.3, 0.4) is 0 Å². The van der Waals surface area contributed by atoms with Crippen LogP contribution >= 0.6 is 0 Å². The number of benzene rings is 2. The summed E-state index contributed by atoms with van der Waals surface area (Å²) < 4.78 is 57.2. The van der Waals surface area contributed by atoms with Crippen molar-refractivity contribution in [2.45, 2.75) is 45.4 Å². The zero-order valence-corrected chi connectivity index (χ0v) is 17.9. The highest BCUT2D eigenvalue weighted by atomic mass is 19.4. The molecule has 3 N–H and O–H groups in total. The van der Waals surface area contributed by atoms with Crippen LogP contribution in [0.15, 0.2) is 36.4 Å². The number of halogens is 4. The summed E-state index contributed by atoms with van der Waals surface area (Å²) in [5.74, 6) is -4.41. The number of hydrogen-bond acceptors (Lipinski definition) is 4. The van der Waals surface area contributed by atoms with Gasteiger partial charge < -0.3 is 15.6 Å². The zero-order valence-electron chi connectivity index (χ0n) is 17.9. The lowest BCUT2D eigenvalue weighted by Gasteiger charge is -2.15. The van der Waals surface area contributed by atoms with E-state index in [0.717, 1.165) is 41.3 Å². The van der Waals surface area contributed by atoms with Gasteiger partial charge in [0, 0.05) is 16.6 Å². The lowest BCUT2D eigenvalue weighted by molar-refractivity contribution is -0.274. The summed E-state index contributed by atoms with van der Waals surface area (Å²) in [6.07, 6.45) is -3.19. The fourth-order valence-electron chi connectivity index (χ4n) is 3.93. The number of primary amides is 1. The van der Waals surface area contributed by atoms with E-state index in [1.54, 1.807) is 0 Å². The second kappa shape index (κ2) is 9.13. The third-order valence-electron chi connectivity index (χ3n) is 5.41. The number of aromatic hydroxyl groups is 1. The summed E-state index contributed by atoms with van der Waals surface area (Å²) in [6, 6.07) is 6.68. The maximum Gasteiger partial charge on any atom is 0.573 e. The first-order valence-corrected chi connectivity index (χ1v) is 10.2.